The number of amides is 1. The van der Waals surface area contributed by atoms with Gasteiger partial charge in [0.2, 0.25) is 10.8 Å². The van der Waals surface area contributed by atoms with Crippen LogP contribution >= 0.6 is 11.3 Å². The fourth-order valence-corrected chi connectivity index (χ4v) is 5.22. The molecule has 0 spiro atoms. The average molecular weight is 458 g/mol. The van der Waals surface area contributed by atoms with E-state index in [-0.39, 0.29) is 18.0 Å². The Balaban J connectivity index is 1.67. The minimum atomic E-state index is -0.265. The summed E-state index contributed by atoms with van der Waals surface area (Å²) in [5, 5.41) is 15.5. The Morgan fingerprint density at radius 3 is 2.34 bits per heavy atom. The van der Waals surface area contributed by atoms with Gasteiger partial charge < -0.3 is 14.7 Å². The van der Waals surface area contributed by atoms with Crippen LogP contribution in [-0.4, -0.2) is 68.4 Å². The van der Waals surface area contributed by atoms with Crippen LogP contribution in [0.25, 0.3) is 4.96 Å². The number of aromatic hydroxyl groups is 1. The molecule has 1 amide bonds. The first kappa shape index (κ1) is 22.5. The minimum absolute atomic E-state index is 0.140. The largest absolute Gasteiger partial charge is 0.492 e. The smallest absolute Gasteiger partial charge is 0.409 e. The summed E-state index contributed by atoms with van der Waals surface area (Å²) in [4.78, 5) is 22.3. The number of carbonyl (C=O) groups is 1. The van der Waals surface area contributed by atoms with E-state index in [2.05, 4.69) is 53.1 Å². The van der Waals surface area contributed by atoms with Crippen LogP contribution in [0.2, 0.25) is 0 Å². The van der Waals surface area contributed by atoms with Gasteiger partial charge in [0.05, 0.1) is 17.5 Å². The van der Waals surface area contributed by atoms with E-state index in [0.29, 0.717) is 43.7 Å². The molecule has 1 saturated heterocycles. The van der Waals surface area contributed by atoms with Crippen LogP contribution in [0.15, 0.2) is 24.3 Å². The van der Waals surface area contributed by atoms with E-state index in [1.54, 1.807) is 9.42 Å². The molecule has 1 fully saturated rings. The first-order chi connectivity index (χ1) is 15.4. The summed E-state index contributed by atoms with van der Waals surface area (Å²) in [6.07, 6.45) is 0.456. The minimum Gasteiger partial charge on any atom is -0.492 e. The number of rotatable bonds is 6. The van der Waals surface area contributed by atoms with E-state index in [9.17, 15) is 9.90 Å². The molecule has 1 aliphatic rings. The molecule has 8 nitrogen and oxygen atoms in total. The average Bonchev–Trinajstić information content (AvgIpc) is 3.34. The molecule has 3 aromatic rings. The lowest BCUT2D eigenvalue weighted by molar-refractivity contribution is 0.0715. The second-order valence-corrected chi connectivity index (χ2v) is 9.32. The zero-order chi connectivity index (χ0) is 22.8. The Morgan fingerprint density at radius 1 is 1.12 bits per heavy atom. The molecule has 9 heteroatoms. The van der Waals surface area contributed by atoms with Gasteiger partial charge in [0.15, 0.2) is 5.82 Å². The van der Waals surface area contributed by atoms with Crippen LogP contribution in [0.4, 0.5) is 4.79 Å². The number of ether oxygens (including phenoxy) is 1. The molecule has 0 saturated carbocycles. The van der Waals surface area contributed by atoms with Crippen molar-refractivity contribution in [1.82, 2.24) is 24.4 Å². The van der Waals surface area contributed by atoms with Crippen molar-refractivity contribution in [2.75, 3.05) is 32.8 Å². The summed E-state index contributed by atoms with van der Waals surface area (Å²) in [5.74, 6) is 1.31. The summed E-state index contributed by atoms with van der Waals surface area (Å²) in [6, 6.07) is 8.46. The van der Waals surface area contributed by atoms with Gasteiger partial charge in [0.1, 0.15) is 0 Å². The number of fused-ring (bicyclic) bond motifs is 1. The summed E-state index contributed by atoms with van der Waals surface area (Å²) in [6.45, 7) is 11.1. The van der Waals surface area contributed by atoms with Crippen molar-refractivity contribution in [3.63, 3.8) is 0 Å². The first-order valence-corrected chi connectivity index (χ1v) is 12.1. The first-order valence-electron chi connectivity index (χ1n) is 11.3. The van der Waals surface area contributed by atoms with Gasteiger partial charge in [-0.1, -0.05) is 56.4 Å². The fraction of sp³-hybridized carbons (Fsp3) is 0.522. The Labute approximate surface area is 192 Å². The number of hydrogen-bond donors (Lipinski definition) is 1. The van der Waals surface area contributed by atoms with Gasteiger partial charge in [-0.05, 0) is 24.0 Å². The van der Waals surface area contributed by atoms with Crippen LogP contribution in [0.5, 0.6) is 5.88 Å². The molecular weight excluding hydrogens is 426 g/mol. The lowest BCUT2D eigenvalue weighted by atomic mass is 9.97. The third-order valence-corrected chi connectivity index (χ3v) is 7.00. The summed E-state index contributed by atoms with van der Waals surface area (Å²) < 4.78 is 6.71. The van der Waals surface area contributed by atoms with Gasteiger partial charge >= 0.3 is 6.09 Å². The van der Waals surface area contributed by atoms with Crippen LogP contribution in [0.3, 0.4) is 0 Å². The van der Waals surface area contributed by atoms with E-state index in [0.717, 1.165) is 22.7 Å². The zero-order valence-electron chi connectivity index (χ0n) is 19.1. The molecule has 3 heterocycles. The molecule has 0 aliphatic carbocycles. The highest BCUT2D eigenvalue weighted by molar-refractivity contribution is 7.17. The quantitative estimate of drug-likeness (QED) is 0.601. The SMILES string of the molecule is CCOC(=O)N1CCN([C@@H](c2ccc(C(C)C)cc2)c2sc3nc(CC)nn3c2O)CC1. The van der Waals surface area contributed by atoms with Crippen molar-refractivity contribution in [3.8, 4) is 5.88 Å². The van der Waals surface area contributed by atoms with Crippen LogP contribution in [0, 0.1) is 0 Å². The lowest BCUT2D eigenvalue weighted by Gasteiger charge is -2.38. The van der Waals surface area contributed by atoms with E-state index in [4.69, 9.17) is 4.74 Å². The second kappa shape index (κ2) is 9.46. The maximum atomic E-state index is 12.1. The van der Waals surface area contributed by atoms with E-state index >= 15 is 0 Å². The van der Waals surface area contributed by atoms with E-state index < -0.39 is 0 Å². The monoisotopic (exact) mass is 457 g/mol. The number of carbonyl (C=O) groups excluding carboxylic acids is 1. The molecular formula is C23H31N5O3S. The Hall–Kier alpha value is -2.65. The second-order valence-electron chi connectivity index (χ2n) is 8.31. The molecule has 2 aromatic heterocycles. The van der Waals surface area contributed by atoms with Gasteiger partial charge in [-0.2, -0.15) is 4.52 Å². The van der Waals surface area contributed by atoms with E-state index in [1.165, 1.54) is 16.9 Å². The third kappa shape index (κ3) is 4.31. The number of aromatic nitrogens is 3. The van der Waals surface area contributed by atoms with Gasteiger partial charge in [0.25, 0.3) is 0 Å². The molecule has 1 N–H and O–H groups in total. The standard InChI is InChI=1S/C23H31N5O3S/c1-5-18-24-22-28(25-18)21(29)20(32-22)19(17-9-7-16(8-10-17)15(3)4)26-11-13-27(14-12-26)23(30)31-6-2/h7-10,15,19,29H,5-6,11-14H2,1-4H3/t19-/m0/s1. The van der Waals surface area contributed by atoms with Crippen molar-refractivity contribution >= 4 is 22.4 Å². The molecule has 172 valence electrons. The predicted octanol–water partition coefficient (Wildman–Crippen LogP) is 4.05. The molecule has 32 heavy (non-hydrogen) atoms. The molecule has 1 aliphatic heterocycles. The lowest BCUT2D eigenvalue weighted by Crippen LogP contribution is -2.49. The van der Waals surface area contributed by atoms with Gasteiger partial charge in [-0.25, -0.2) is 9.78 Å². The normalized spacial score (nSPS) is 16.1. The number of hydrogen-bond acceptors (Lipinski definition) is 7. The Bertz CT molecular complexity index is 1070. The van der Waals surface area contributed by atoms with E-state index in [1.807, 2.05) is 13.8 Å². The molecule has 0 radical (unpaired) electrons. The Kier molecular flexibility index (Phi) is 6.66. The van der Waals surface area contributed by atoms with Gasteiger partial charge in [-0.15, -0.1) is 5.10 Å². The summed E-state index contributed by atoms with van der Waals surface area (Å²) in [5.41, 5.74) is 2.38. The zero-order valence-corrected chi connectivity index (χ0v) is 19.9. The third-order valence-electron chi connectivity index (χ3n) is 5.93. The number of nitrogens with zero attached hydrogens (tertiary/aromatic N) is 5. The topological polar surface area (TPSA) is 83.2 Å². The van der Waals surface area contributed by atoms with Gasteiger partial charge in [-0.3, -0.25) is 4.90 Å². The molecule has 0 unspecified atom stereocenters. The van der Waals surface area contributed by atoms with Crippen molar-refractivity contribution in [1.29, 1.82) is 0 Å². The number of aryl methyl sites for hydroxylation is 1. The van der Waals surface area contributed by atoms with Gasteiger partial charge in [0, 0.05) is 32.6 Å². The van der Waals surface area contributed by atoms with Crippen molar-refractivity contribution in [2.24, 2.45) is 0 Å². The molecule has 1 atom stereocenters. The number of thiazole rings is 1. The van der Waals surface area contributed by atoms with Crippen LogP contribution in [-0.2, 0) is 11.2 Å². The summed E-state index contributed by atoms with van der Waals surface area (Å²) in [7, 11) is 0. The van der Waals surface area contributed by atoms with Crippen molar-refractivity contribution < 1.29 is 14.6 Å². The maximum absolute atomic E-state index is 12.1. The highest BCUT2D eigenvalue weighted by Gasteiger charge is 2.33. The molecule has 1 aromatic carbocycles. The number of benzene rings is 1. The molecule has 0 bridgehead atoms. The Morgan fingerprint density at radius 2 is 1.78 bits per heavy atom. The van der Waals surface area contributed by atoms with Crippen LogP contribution < -0.4 is 0 Å². The summed E-state index contributed by atoms with van der Waals surface area (Å²) >= 11 is 1.47. The highest BCUT2D eigenvalue weighted by Crippen LogP contribution is 2.40. The number of piperazine rings is 1. The maximum Gasteiger partial charge on any atom is 0.409 e. The van der Waals surface area contributed by atoms with Crippen molar-refractivity contribution in [2.45, 2.75) is 46.1 Å². The highest BCUT2D eigenvalue weighted by atomic mass is 32.1. The van der Waals surface area contributed by atoms with Crippen molar-refractivity contribution in [3.05, 3.63) is 46.1 Å². The fourth-order valence-electron chi connectivity index (χ4n) is 4.09. The predicted molar refractivity (Wildman–Crippen MR) is 124 cm³/mol. The van der Waals surface area contributed by atoms with Crippen LogP contribution in [0.1, 0.15) is 61.5 Å². The molecule has 4 rings (SSSR count).